The Hall–Kier alpha value is -1.93. The van der Waals surface area contributed by atoms with E-state index in [9.17, 15) is 13.2 Å². The van der Waals surface area contributed by atoms with Crippen molar-refractivity contribution in [3.8, 4) is 0 Å². The van der Waals surface area contributed by atoms with Gasteiger partial charge in [-0.25, -0.2) is 8.42 Å². The van der Waals surface area contributed by atoms with Gasteiger partial charge < -0.3 is 10.2 Å². The maximum atomic E-state index is 12.6. The molecule has 6 nitrogen and oxygen atoms in total. The number of rotatable bonds is 3. The number of nitrogens with one attached hydrogen (secondary N) is 1. The van der Waals surface area contributed by atoms with E-state index in [2.05, 4.69) is 25.6 Å². The number of allylic oxidation sites excluding steroid dienone is 2. The molecule has 1 amide bonds. The number of carbonyl (C=O) groups excluding carboxylic acids is 1. The van der Waals surface area contributed by atoms with Crippen LogP contribution in [-0.4, -0.2) is 37.4 Å². The van der Waals surface area contributed by atoms with Crippen LogP contribution in [0.2, 0.25) is 0 Å². The topological polar surface area (TPSA) is 78.8 Å². The van der Waals surface area contributed by atoms with Crippen LogP contribution in [0.3, 0.4) is 0 Å². The highest BCUT2D eigenvalue weighted by Crippen LogP contribution is 2.20. The molecule has 0 spiro atoms. The summed E-state index contributed by atoms with van der Waals surface area (Å²) in [6.45, 7) is 2.17. The quantitative estimate of drug-likeness (QED) is 0.828. The van der Waals surface area contributed by atoms with Gasteiger partial charge in [0.15, 0.2) is 5.84 Å². The van der Waals surface area contributed by atoms with Crippen molar-refractivity contribution in [1.29, 1.82) is 0 Å². The number of amidine groups is 1. The number of carbonyl (C=O) groups is 1. The summed E-state index contributed by atoms with van der Waals surface area (Å²) in [6.07, 6.45) is 5.03. The number of hydrogen-bond acceptors (Lipinski definition) is 4. The van der Waals surface area contributed by atoms with Crippen LogP contribution >= 0.6 is 15.9 Å². The van der Waals surface area contributed by atoms with Gasteiger partial charge >= 0.3 is 0 Å². The molecule has 1 aromatic carbocycles. The predicted octanol–water partition coefficient (Wildman–Crippen LogP) is 2.12. The van der Waals surface area contributed by atoms with Crippen LogP contribution in [0.25, 0.3) is 0 Å². The average Bonchev–Trinajstić information content (AvgIpc) is 2.54. The fourth-order valence-corrected chi connectivity index (χ4v) is 3.75. The van der Waals surface area contributed by atoms with Gasteiger partial charge in [-0.2, -0.15) is 0 Å². The molecule has 0 unspecified atom stereocenters. The van der Waals surface area contributed by atoms with Gasteiger partial charge in [-0.05, 0) is 36.8 Å². The maximum Gasteiger partial charge on any atom is 0.256 e. The lowest BCUT2D eigenvalue weighted by Gasteiger charge is -2.29. The lowest BCUT2D eigenvalue weighted by molar-refractivity contribution is -0.117. The second-order valence-electron chi connectivity index (χ2n) is 5.56. The van der Waals surface area contributed by atoms with E-state index in [-0.39, 0.29) is 29.1 Å². The Kier molecular flexibility index (Phi) is 4.60. The monoisotopic (exact) mass is 409 g/mol. The first-order valence-corrected chi connectivity index (χ1v) is 9.80. The third kappa shape index (κ3) is 3.59. The zero-order chi connectivity index (χ0) is 17.3. The molecule has 8 heteroatoms. The Balaban J connectivity index is 1.81. The van der Waals surface area contributed by atoms with E-state index >= 15 is 0 Å². The summed E-state index contributed by atoms with van der Waals surface area (Å²) in [7, 11) is -3.52. The molecule has 2 aliphatic heterocycles. The van der Waals surface area contributed by atoms with Crippen molar-refractivity contribution in [3.63, 3.8) is 0 Å². The van der Waals surface area contributed by atoms with Crippen molar-refractivity contribution in [3.05, 3.63) is 58.2 Å². The first-order valence-electron chi connectivity index (χ1n) is 7.40. The molecule has 1 atom stereocenters. The van der Waals surface area contributed by atoms with E-state index in [1.807, 2.05) is 31.2 Å². The molecule has 1 N–H and O–H groups in total. The summed E-state index contributed by atoms with van der Waals surface area (Å²) in [5.74, 6) is -0.217. The fraction of sp³-hybridized carbons (Fsp3) is 0.250. The highest BCUT2D eigenvalue weighted by molar-refractivity contribution is 9.10. The summed E-state index contributed by atoms with van der Waals surface area (Å²) in [6, 6.07) is 7.42. The van der Waals surface area contributed by atoms with E-state index < -0.39 is 10.0 Å². The summed E-state index contributed by atoms with van der Waals surface area (Å²) in [5.41, 5.74) is 1.21. The van der Waals surface area contributed by atoms with Crippen LogP contribution in [0.1, 0.15) is 18.5 Å². The molecular weight excluding hydrogens is 394 g/mol. The molecule has 0 saturated carbocycles. The zero-order valence-electron chi connectivity index (χ0n) is 12.9. The van der Waals surface area contributed by atoms with Gasteiger partial charge in [0, 0.05) is 17.2 Å². The normalized spacial score (nSPS) is 19.8. The molecule has 2 heterocycles. The number of sulfonamides is 1. The Bertz CT molecular complexity index is 857. The lowest BCUT2D eigenvalue weighted by Crippen LogP contribution is -2.42. The standard InChI is InChI=1S/C16H16BrN3O3S/c1-11(12-4-6-13(17)7-5-12)18-16(21)14-3-2-8-20-9-10-24(22,23)19-15(14)20/h2-8,11H,9-10H2,1H3,(H,18,21)/t11-/m0/s1. The van der Waals surface area contributed by atoms with Gasteiger partial charge in [0.1, 0.15) is 0 Å². The fourth-order valence-electron chi connectivity index (χ4n) is 2.50. The smallest absolute Gasteiger partial charge is 0.256 e. The largest absolute Gasteiger partial charge is 0.345 e. The third-order valence-electron chi connectivity index (χ3n) is 3.82. The van der Waals surface area contributed by atoms with Gasteiger partial charge in [0.05, 0.1) is 17.4 Å². The van der Waals surface area contributed by atoms with E-state index in [4.69, 9.17) is 0 Å². The molecule has 0 fully saturated rings. The van der Waals surface area contributed by atoms with Crippen molar-refractivity contribution in [2.75, 3.05) is 12.3 Å². The van der Waals surface area contributed by atoms with Gasteiger partial charge in [-0.15, -0.1) is 4.40 Å². The maximum absolute atomic E-state index is 12.6. The van der Waals surface area contributed by atoms with Crippen molar-refractivity contribution < 1.29 is 13.2 Å². The second-order valence-corrected chi connectivity index (χ2v) is 8.23. The van der Waals surface area contributed by atoms with E-state index in [1.54, 1.807) is 23.3 Å². The average molecular weight is 410 g/mol. The van der Waals surface area contributed by atoms with Crippen LogP contribution in [0, 0.1) is 0 Å². The lowest BCUT2D eigenvalue weighted by atomic mass is 10.1. The van der Waals surface area contributed by atoms with Crippen LogP contribution in [-0.2, 0) is 14.8 Å². The van der Waals surface area contributed by atoms with Gasteiger partial charge in [-0.1, -0.05) is 28.1 Å². The first-order chi connectivity index (χ1) is 11.4. The third-order valence-corrected chi connectivity index (χ3v) is 5.50. The highest BCUT2D eigenvalue weighted by Gasteiger charge is 2.30. The molecule has 0 aromatic heterocycles. The van der Waals surface area contributed by atoms with E-state index in [0.717, 1.165) is 10.0 Å². The number of halogens is 1. The van der Waals surface area contributed by atoms with Crippen molar-refractivity contribution in [1.82, 2.24) is 10.2 Å². The molecule has 0 radical (unpaired) electrons. The molecular formula is C16H16BrN3O3S. The number of amides is 1. The molecule has 126 valence electrons. The zero-order valence-corrected chi connectivity index (χ0v) is 15.3. The molecule has 1 aromatic rings. The van der Waals surface area contributed by atoms with Crippen molar-refractivity contribution in [2.24, 2.45) is 4.40 Å². The molecule has 0 saturated heterocycles. The van der Waals surface area contributed by atoms with Crippen LogP contribution in [0.5, 0.6) is 0 Å². The number of fused-ring (bicyclic) bond motifs is 1. The van der Waals surface area contributed by atoms with Crippen LogP contribution in [0.15, 0.2) is 57.1 Å². The highest BCUT2D eigenvalue weighted by atomic mass is 79.9. The van der Waals surface area contributed by atoms with Crippen molar-refractivity contribution in [2.45, 2.75) is 13.0 Å². The van der Waals surface area contributed by atoms with Gasteiger partial charge in [0.2, 0.25) is 0 Å². The summed E-state index contributed by atoms with van der Waals surface area (Å²) in [5, 5.41) is 2.89. The van der Waals surface area contributed by atoms with E-state index in [1.165, 1.54) is 0 Å². The number of benzene rings is 1. The van der Waals surface area contributed by atoms with Gasteiger partial charge in [0.25, 0.3) is 15.9 Å². The summed E-state index contributed by atoms with van der Waals surface area (Å²) >= 11 is 3.37. The minimum atomic E-state index is -3.52. The van der Waals surface area contributed by atoms with E-state index in [0.29, 0.717) is 6.54 Å². The number of nitrogens with zero attached hydrogens (tertiary/aromatic N) is 2. The Morgan fingerprint density at radius 3 is 2.75 bits per heavy atom. The SMILES string of the molecule is C[C@H](NC(=O)C1=CC=CN2CCS(=O)(=O)N=C12)c1ccc(Br)cc1. The summed E-state index contributed by atoms with van der Waals surface area (Å²) < 4.78 is 28.2. The number of hydrogen-bond donors (Lipinski definition) is 1. The molecule has 0 bridgehead atoms. The Morgan fingerprint density at radius 2 is 2.04 bits per heavy atom. The minimum absolute atomic E-state index is 0.0506. The van der Waals surface area contributed by atoms with Crippen molar-refractivity contribution >= 4 is 37.7 Å². The molecule has 3 rings (SSSR count). The van der Waals surface area contributed by atoms with Gasteiger partial charge in [-0.3, -0.25) is 4.79 Å². The molecule has 24 heavy (non-hydrogen) atoms. The summed E-state index contributed by atoms with van der Waals surface area (Å²) in [4.78, 5) is 14.3. The predicted molar refractivity (Wildman–Crippen MR) is 95.9 cm³/mol. The minimum Gasteiger partial charge on any atom is -0.345 e. The molecule has 0 aliphatic carbocycles. The first kappa shape index (κ1) is 16.9. The Morgan fingerprint density at radius 1 is 1.33 bits per heavy atom. The Labute approximate surface area is 149 Å². The van der Waals surface area contributed by atoms with Crippen LogP contribution < -0.4 is 5.32 Å². The second kappa shape index (κ2) is 6.52. The van der Waals surface area contributed by atoms with Crippen LogP contribution in [0.4, 0.5) is 0 Å². The molecule has 2 aliphatic rings.